The highest BCUT2D eigenvalue weighted by atomic mass is 15.3. The van der Waals surface area contributed by atoms with E-state index in [0.717, 1.165) is 12.5 Å². The number of hydrogen-bond donors (Lipinski definition) is 1. The van der Waals surface area contributed by atoms with Crippen molar-refractivity contribution in [1.29, 1.82) is 0 Å². The van der Waals surface area contributed by atoms with Crippen molar-refractivity contribution in [3.63, 3.8) is 0 Å². The Labute approximate surface area is 101 Å². The molecular weight excluding hydrogens is 198 g/mol. The maximum Gasteiger partial charge on any atom is 0.0195 e. The van der Waals surface area contributed by atoms with Crippen molar-refractivity contribution in [3.8, 4) is 0 Å². The molecule has 0 amide bonds. The van der Waals surface area contributed by atoms with Crippen molar-refractivity contribution in [2.24, 2.45) is 5.92 Å². The Kier molecular flexibility index (Phi) is 5.73. The smallest absolute Gasteiger partial charge is 0.0195 e. The van der Waals surface area contributed by atoms with Crippen LogP contribution in [-0.2, 0) is 0 Å². The van der Waals surface area contributed by atoms with E-state index in [1.807, 2.05) is 0 Å². The Morgan fingerprint density at radius 2 is 1.94 bits per heavy atom. The molecule has 16 heavy (non-hydrogen) atoms. The Morgan fingerprint density at radius 3 is 2.50 bits per heavy atom. The topological polar surface area (TPSA) is 18.5 Å². The van der Waals surface area contributed by atoms with Gasteiger partial charge in [-0.05, 0) is 26.4 Å². The monoisotopic (exact) mass is 227 g/mol. The van der Waals surface area contributed by atoms with Crippen LogP contribution in [-0.4, -0.2) is 61.7 Å². The maximum atomic E-state index is 3.52. The van der Waals surface area contributed by atoms with E-state index in [0.29, 0.717) is 12.1 Å². The second-order valence-electron chi connectivity index (χ2n) is 5.77. The van der Waals surface area contributed by atoms with E-state index in [-0.39, 0.29) is 0 Å². The normalized spacial score (nSPS) is 26.2. The van der Waals surface area contributed by atoms with Crippen molar-refractivity contribution in [2.45, 2.75) is 39.8 Å². The zero-order valence-electron chi connectivity index (χ0n) is 11.7. The fourth-order valence-corrected chi connectivity index (χ4v) is 2.35. The Morgan fingerprint density at radius 1 is 1.25 bits per heavy atom. The van der Waals surface area contributed by atoms with Crippen LogP contribution in [0.2, 0.25) is 0 Å². The molecule has 3 nitrogen and oxygen atoms in total. The van der Waals surface area contributed by atoms with Crippen LogP contribution in [0.4, 0.5) is 0 Å². The lowest BCUT2D eigenvalue weighted by atomic mass is 10.1. The zero-order chi connectivity index (χ0) is 12.1. The highest BCUT2D eigenvalue weighted by molar-refractivity contribution is 4.79. The van der Waals surface area contributed by atoms with E-state index >= 15 is 0 Å². The van der Waals surface area contributed by atoms with Gasteiger partial charge in [0.1, 0.15) is 0 Å². The molecule has 0 aromatic carbocycles. The number of piperazine rings is 1. The third kappa shape index (κ3) is 4.81. The molecule has 1 fully saturated rings. The van der Waals surface area contributed by atoms with Crippen LogP contribution in [0.25, 0.3) is 0 Å². The number of likely N-dealkylation sites (N-methyl/N-ethyl adjacent to an activating group) is 1. The summed E-state index contributed by atoms with van der Waals surface area (Å²) in [4.78, 5) is 5.06. The number of nitrogens with zero attached hydrogens (tertiary/aromatic N) is 2. The van der Waals surface area contributed by atoms with Gasteiger partial charge in [-0.1, -0.05) is 20.8 Å². The first-order chi connectivity index (χ1) is 7.49. The molecular formula is C13H29N3. The summed E-state index contributed by atoms with van der Waals surface area (Å²) in [7, 11) is 2.22. The molecule has 0 aromatic rings. The second-order valence-corrected chi connectivity index (χ2v) is 5.77. The molecule has 1 aliphatic heterocycles. The summed E-state index contributed by atoms with van der Waals surface area (Å²) in [6.45, 7) is 15.1. The molecule has 0 spiro atoms. The predicted octanol–water partition coefficient (Wildman–Crippen LogP) is 1.26. The van der Waals surface area contributed by atoms with Gasteiger partial charge in [-0.15, -0.1) is 0 Å². The molecule has 2 unspecified atom stereocenters. The highest BCUT2D eigenvalue weighted by Crippen LogP contribution is 2.10. The van der Waals surface area contributed by atoms with Crippen LogP contribution < -0.4 is 5.32 Å². The summed E-state index contributed by atoms with van der Waals surface area (Å²) < 4.78 is 0. The first kappa shape index (κ1) is 13.9. The number of rotatable bonds is 5. The van der Waals surface area contributed by atoms with Crippen LogP contribution in [0.1, 0.15) is 27.7 Å². The quantitative estimate of drug-likeness (QED) is 0.763. The molecule has 3 heteroatoms. The van der Waals surface area contributed by atoms with Crippen molar-refractivity contribution in [2.75, 3.05) is 39.8 Å². The summed E-state index contributed by atoms with van der Waals surface area (Å²) in [5, 5.41) is 3.52. The lowest BCUT2D eigenvalue weighted by molar-refractivity contribution is 0.0868. The second kappa shape index (κ2) is 6.58. The molecule has 1 aliphatic rings. The molecule has 1 heterocycles. The summed E-state index contributed by atoms with van der Waals surface area (Å²) in [6, 6.07) is 1.31. The van der Waals surface area contributed by atoms with Crippen LogP contribution in [0.3, 0.4) is 0 Å². The first-order valence-electron chi connectivity index (χ1n) is 6.65. The van der Waals surface area contributed by atoms with Gasteiger partial charge in [0.2, 0.25) is 0 Å². The van der Waals surface area contributed by atoms with Gasteiger partial charge in [-0.2, -0.15) is 0 Å². The van der Waals surface area contributed by atoms with Gasteiger partial charge in [0.05, 0.1) is 0 Å². The van der Waals surface area contributed by atoms with E-state index in [4.69, 9.17) is 0 Å². The molecule has 0 radical (unpaired) electrons. The molecule has 1 N–H and O–H groups in total. The molecule has 96 valence electrons. The standard InChI is InChI=1S/C13H29N3/c1-11(2)14-8-12(3)9-16-7-6-15(5)10-13(16)4/h11-14H,6-10H2,1-5H3. The lowest BCUT2D eigenvalue weighted by Gasteiger charge is -2.39. The van der Waals surface area contributed by atoms with E-state index in [9.17, 15) is 0 Å². The maximum absolute atomic E-state index is 3.52. The predicted molar refractivity (Wildman–Crippen MR) is 70.8 cm³/mol. The van der Waals surface area contributed by atoms with Gasteiger partial charge in [0.15, 0.2) is 0 Å². The average molecular weight is 227 g/mol. The highest BCUT2D eigenvalue weighted by Gasteiger charge is 2.22. The van der Waals surface area contributed by atoms with Crippen LogP contribution in [0.5, 0.6) is 0 Å². The average Bonchev–Trinajstić information content (AvgIpc) is 2.19. The van der Waals surface area contributed by atoms with Crippen molar-refractivity contribution >= 4 is 0 Å². The van der Waals surface area contributed by atoms with Gasteiger partial charge in [-0.3, -0.25) is 4.90 Å². The third-order valence-corrected chi connectivity index (χ3v) is 3.39. The van der Waals surface area contributed by atoms with Crippen LogP contribution in [0.15, 0.2) is 0 Å². The van der Waals surface area contributed by atoms with Gasteiger partial charge in [-0.25, -0.2) is 0 Å². The van der Waals surface area contributed by atoms with E-state index in [1.54, 1.807) is 0 Å². The lowest BCUT2D eigenvalue weighted by Crippen LogP contribution is -2.52. The van der Waals surface area contributed by atoms with Gasteiger partial charge in [0, 0.05) is 38.3 Å². The number of hydrogen-bond acceptors (Lipinski definition) is 3. The summed E-state index contributed by atoms with van der Waals surface area (Å²) in [6.07, 6.45) is 0. The number of nitrogens with one attached hydrogen (secondary N) is 1. The molecule has 1 rings (SSSR count). The van der Waals surface area contributed by atoms with E-state index < -0.39 is 0 Å². The molecule has 0 bridgehead atoms. The summed E-state index contributed by atoms with van der Waals surface area (Å²) in [5.41, 5.74) is 0. The van der Waals surface area contributed by atoms with Crippen molar-refractivity contribution in [1.82, 2.24) is 15.1 Å². The van der Waals surface area contributed by atoms with Gasteiger partial charge >= 0.3 is 0 Å². The zero-order valence-corrected chi connectivity index (χ0v) is 11.7. The molecule has 0 aromatic heterocycles. The fourth-order valence-electron chi connectivity index (χ4n) is 2.35. The molecule has 0 saturated carbocycles. The Balaban J connectivity index is 2.25. The third-order valence-electron chi connectivity index (χ3n) is 3.39. The Hall–Kier alpha value is -0.120. The van der Waals surface area contributed by atoms with E-state index in [2.05, 4.69) is 49.9 Å². The van der Waals surface area contributed by atoms with Crippen LogP contribution >= 0.6 is 0 Å². The van der Waals surface area contributed by atoms with Gasteiger partial charge < -0.3 is 10.2 Å². The first-order valence-corrected chi connectivity index (χ1v) is 6.65. The van der Waals surface area contributed by atoms with E-state index in [1.165, 1.54) is 26.2 Å². The minimum absolute atomic E-state index is 0.604. The summed E-state index contributed by atoms with van der Waals surface area (Å²) in [5.74, 6) is 0.744. The molecule has 0 aliphatic carbocycles. The largest absolute Gasteiger partial charge is 0.314 e. The minimum Gasteiger partial charge on any atom is -0.314 e. The molecule has 2 atom stereocenters. The summed E-state index contributed by atoms with van der Waals surface area (Å²) >= 11 is 0. The fraction of sp³-hybridized carbons (Fsp3) is 1.00. The minimum atomic E-state index is 0.604. The SMILES string of the molecule is CC(CNC(C)C)CN1CCN(C)CC1C. The van der Waals surface area contributed by atoms with Crippen LogP contribution in [0, 0.1) is 5.92 Å². The van der Waals surface area contributed by atoms with Crippen molar-refractivity contribution < 1.29 is 0 Å². The molecule has 1 saturated heterocycles. The van der Waals surface area contributed by atoms with Gasteiger partial charge in [0.25, 0.3) is 0 Å². The van der Waals surface area contributed by atoms with Crippen molar-refractivity contribution in [3.05, 3.63) is 0 Å². The Bertz CT molecular complexity index is 194.